The van der Waals surface area contributed by atoms with E-state index in [1.54, 1.807) is 7.11 Å². The smallest absolute Gasteiger partial charge is 0.119 e. The lowest BCUT2D eigenvalue weighted by atomic mass is 9.93. The van der Waals surface area contributed by atoms with Gasteiger partial charge in [-0.05, 0) is 47.9 Å². The Bertz CT molecular complexity index is 778. The summed E-state index contributed by atoms with van der Waals surface area (Å²) < 4.78 is 5.25. The molecular formula is C18H18N2O. The van der Waals surface area contributed by atoms with Crippen LogP contribution in [0.1, 0.15) is 22.7 Å². The van der Waals surface area contributed by atoms with Gasteiger partial charge in [0, 0.05) is 11.6 Å². The number of nitrogens with two attached hydrogens (primary N) is 1. The number of aromatic nitrogens is 1. The quantitative estimate of drug-likeness (QED) is 0.796. The molecule has 1 unspecified atom stereocenters. The van der Waals surface area contributed by atoms with E-state index in [9.17, 15) is 0 Å². The maximum Gasteiger partial charge on any atom is 0.119 e. The Balaban J connectivity index is 2.10. The van der Waals surface area contributed by atoms with Crippen LogP contribution in [-0.2, 0) is 0 Å². The first-order valence-corrected chi connectivity index (χ1v) is 6.94. The fraction of sp³-hybridized carbons (Fsp3) is 0.167. The number of pyridine rings is 1. The lowest BCUT2D eigenvalue weighted by Crippen LogP contribution is -2.14. The van der Waals surface area contributed by atoms with Crippen molar-refractivity contribution in [1.82, 2.24) is 4.98 Å². The first kappa shape index (κ1) is 13.6. The van der Waals surface area contributed by atoms with Crippen molar-refractivity contribution >= 4 is 10.9 Å². The zero-order chi connectivity index (χ0) is 14.8. The van der Waals surface area contributed by atoms with Gasteiger partial charge in [0.15, 0.2) is 0 Å². The molecule has 1 atom stereocenters. The number of rotatable bonds is 3. The first-order chi connectivity index (χ1) is 10.2. The second-order valence-corrected chi connectivity index (χ2v) is 5.12. The van der Waals surface area contributed by atoms with Crippen LogP contribution in [0.15, 0.2) is 54.7 Å². The summed E-state index contributed by atoms with van der Waals surface area (Å²) >= 11 is 0. The van der Waals surface area contributed by atoms with Crippen molar-refractivity contribution in [2.45, 2.75) is 13.0 Å². The molecule has 21 heavy (non-hydrogen) atoms. The van der Waals surface area contributed by atoms with Crippen molar-refractivity contribution in [2.75, 3.05) is 7.11 Å². The minimum absolute atomic E-state index is 0.177. The summed E-state index contributed by atoms with van der Waals surface area (Å²) in [5, 5.41) is 1.10. The lowest BCUT2D eigenvalue weighted by Gasteiger charge is -2.17. The highest BCUT2D eigenvalue weighted by atomic mass is 16.5. The molecular weight excluding hydrogens is 260 g/mol. The molecule has 3 nitrogen and oxygen atoms in total. The topological polar surface area (TPSA) is 48.1 Å². The SMILES string of the molecule is COc1ccc(C(N)c2ccnc3ccccc23)c(C)c1. The van der Waals surface area contributed by atoms with Crippen LogP contribution in [-0.4, -0.2) is 12.1 Å². The van der Waals surface area contributed by atoms with Crippen LogP contribution in [0.25, 0.3) is 10.9 Å². The predicted molar refractivity (Wildman–Crippen MR) is 85.5 cm³/mol. The summed E-state index contributed by atoms with van der Waals surface area (Å²) in [6, 6.07) is 15.9. The molecule has 3 rings (SSSR count). The van der Waals surface area contributed by atoms with Gasteiger partial charge in [0.2, 0.25) is 0 Å². The minimum Gasteiger partial charge on any atom is -0.497 e. The molecule has 0 bridgehead atoms. The van der Waals surface area contributed by atoms with E-state index in [2.05, 4.69) is 18.0 Å². The summed E-state index contributed by atoms with van der Waals surface area (Å²) in [6.45, 7) is 2.06. The fourth-order valence-electron chi connectivity index (χ4n) is 2.68. The van der Waals surface area contributed by atoms with Crippen LogP contribution in [0, 0.1) is 6.92 Å². The zero-order valence-electron chi connectivity index (χ0n) is 12.2. The molecule has 0 radical (unpaired) electrons. The maximum absolute atomic E-state index is 6.51. The lowest BCUT2D eigenvalue weighted by molar-refractivity contribution is 0.414. The van der Waals surface area contributed by atoms with Crippen LogP contribution in [0.4, 0.5) is 0 Å². The van der Waals surface area contributed by atoms with Crippen molar-refractivity contribution in [3.05, 3.63) is 71.4 Å². The standard InChI is InChI=1S/C18H18N2O/c1-12-11-13(21-2)7-8-14(12)18(19)16-9-10-20-17-6-4-3-5-15(16)17/h3-11,18H,19H2,1-2H3. The van der Waals surface area contributed by atoms with Gasteiger partial charge >= 0.3 is 0 Å². The Morgan fingerprint density at radius 2 is 1.86 bits per heavy atom. The molecule has 1 aromatic heterocycles. The van der Waals surface area contributed by atoms with Crippen molar-refractivity contribution < 1.29 is 4.74 Å². The maximum atomic E-state index is 6.51. The number of para-hydroxylation sites is 1. The third-order valence-electron chi connectivity index (χ3n) is 3.83. The molecule has 0 aliphatic heterocycles. The highest BCUT2D eigenvalue weighted by Gasteiger charge is 2.14. The number of benzene rings is 2. The van der Waals surface area contributed by atoms with Crippen LogP contribution in [0.2, 0.25) is 0 Å². The number of ether oxygens (including phenoxy) is 1. The molecule has 2 aromatic carbocycles. The fourth-order valence-corrected chi connectivity index (χ4v) is 2.68. The Morgan fingerprint density at radius 3 is 2.62 bits per heavy atom. The summed E-state index contributed by atoms with van der Waals surface area (Å²) in [5.41, 5.74) is 10.8. The second kappa shape index (κ2) is 5.54. The highest BCUT2D eigenvalue weighted by molar-refractivity contribution is 5.82. The molecule has 0 aliphatic rings. The van der Waals surface area contributed by atoms with E-state index >= 15 is 0 Å². The summed E-state index contributed by atoms with van der Waals surface area (Å²) in [7, 11) is 1.67. The molecule has 0 aliphatic carbocycles. The third-order valence-corrected chi connectivity index (χ3v) is 3.83. The molecule has 3 heteroatoms. The van der Waals surface area contributed by atoms with Crippen molar-refractivity contribution in [3.8, 4) is 5.75 Å². The van der Waals surface area contributed by atoms with Gasteiger partial charge in [0.1, 0.15) is 5.75 Å². The van der Waals surface area contributed by atoms with E-state index in [4.69, 9.17) is 10.5 Å². The third kappa shape index (κ3) is 2.48. The van der Waals surface area contributed by atoms with Gasteiger partial charge in [0.05, 0.1) is 18.7 Å². The largest absolute Gasteiger partial charge is 0.497 e. The van der Waals surface area contributed by atoms with Gasteiger partial charge in [-0.25, -0.2) is 0 Å². The van der Waals surface area contributed by atoms with Crippen molar-refractivity contribution in [3.63, 3.8) is 0 Å². The number of methoxy groups -OCH3 is 1. The van der Waals surface area contributed by atoms with E-state index in [1.807, 2.05) is 48.7 Å². The Labute approximate surface area is 124 Å². The van der Waals surface area contributed by atoms with E-state index in [1.165, 1.54) is 0 Å². The number of hydrogen-bond donors (Lipinski definition) is 1. The van der Waals surface area contributed by atoms with Crippen LogP contribution in [0.5, 0.6) is 5.75 Å². The van der Waals surface area contributed by atoms with Crippen LogP contribution in [0.3, 0.4) is 0 Å². The Kier molecular flexibility index (Phi) is 3.59. The first-order valence-electron chi connectivity index (χ1n) is 6.94. The Hall–Kier alpha value is -2.39. The molecule has 106 valence electrons. The molecule has 0 fully saturated rings. The molecule has 1 heterocycles. The second-order valence-electron chi connectivity index (χ2n) is 5.12. The zero-order valence-corrected chi connectivity index (χ0v) is 12.2. The molecule has 0 saturated carbocycles. The summed E-state index contributed by atoms with van der Waals surface area (Å²) in [5.74, 6) is 0.850. The van der Waals surface area contributed by atoms with E-state index < -0.39 is 0 Å². The van der Waals surface area contributed by atoms with E-state index in [0.29, 0.717) is 0 Å². The average molecular weight is 278 g/mol. The van der Waals surface area contributed by atoms with Gasteiger partial charge in [-0.15, -0.1) is 0 Å². The van der Waals surface area contributed by atoms with Gasteiger partial charge in [-0.2, -0.15) is 0 Å². The van der Waals surface area contributed by atoms with Crippen molar-refractivity contribution in [2.24, 2.45) is 5.73 Å². The molecule has 0 saturated heterocycles. The molecule has 2 N–H and O–H groups in total. The number of nitrogens with zero attached hydrogens (tertiary/aromatic N) is 1. The van der Waals surface area contributed by atoms with Crippen molar-refractivity contribution in [1.29, 1.82) is 0 Å². The minimum atomic E-state index is -0.177. The Morgan fingerprint density at radius 1 is 1.05 bits per heavy atom. The van der Waals surface area contributed by atoms with Gasteiger partial charge in [-0.3, -0.25) is 4.98 Å². The van der Waals surface area contributed by atoms with Crippen LogP contribution >= 0.6 is 0 Å². The highest BCUT2D eigenvalue weighted by Crippen LogP contribution is 2.29. The summed E-state index contributed by atoms with van der Waals surface area (Å²) in [6.07, 6.45) is 1.82. The van der Waals surface area contributed by atoms with Gasteiger partial charge < -0.3 is 10.5 Å². The number of fused-ring (bicyclic) bond motifs is 1. The van der Waals surface area contributed by atoms with E-state index in [0.717, 1.165) is 33.3 Å². The van der Waals surface area contributed by atoms with Crippen LogP contribution < -0.4 is 10.5 Å². The average Bonchev–Trinajstić information content (AvgIpc) is 2.53. The molecule has 3 aromatic rings. The monoisotopic (exact) mass is 278 g/mol. The number of hydrogen-bond acceptors (Lipinski definition) is 3. The number of aryl methyl sites for hydroxylation is 1. The van der Waals surface area contributed by atoms with Gasteiger partial charge in [0.25, 0.3) is 0 Å². The predicted octanol–water partition coefficient (Wildman–Crippen LogP) is 3.60. The molecule has 0 spiro atoms. The normalized spacial score (nSPS) is 12.3. The van der Waals surface area contributed by atoms with E-state index in [-0.39, 0.29) is 6.04 Å². The molecule has 0 amide bonds. The van der Waals surface area contributed by atoms with Gasteiger partial charge in [-0.1, -0.05) is 24.3 Å². The summed E-state index contributed by atoms with van der Waals surface area (Å²) in [4.78, 5) is 4.39.